The SMILES string of the molecule is CSCc1cc(C(=O)O[C@H](C)C(=O)Nc2cccc(C(C)=O)c2)ccc1F. The lowest BCUT2D eigenvalue weighted by Gasteiger charge is -2.14. The highest BCUT2D eigenvalue weighted by Crippen LogP contribution is 2.17. The first-order chi connectivity index (χ1) is 12.8. The van der Waals surface area contributed by atoms with Gasteiger partial charge >= 0.3 is 5.97 Å². The molecule has 5 nitrogen and oxygen atoms in total. The standard InChI is InChI=1S/C20H20FNO4S/c1-12(23)14-5-4-6-17(10-14)22-19(24)13(2)26-20(25)15-7-8-18(21)16(9-15)11-27-3/h4-10,13H,11H2,1-3H3,(H,22,24)/t13-/m1/s1. The maximum atomic E-state index is 13.7. The molecule has 0 heterocycles. The van der Waals surface area contributed by atoms with E-state index in [1.54, 1.807) is 24.3 Å². The third-order valence-corrected chi connectivity index (χ3v) is 4.37. The maximum Gasteiger partial charge on any atom is 0.338 e. The molecule has 1 atom stereocenters. The molecule has 0 unspecified atom stereocenters. The summed E-state index contributed by atoms with van der Waals surface area (Å²) >= 11 is 1.43. The van der Waals surface area contributed by atoms with Crippen LogP contribution in [0.25, 0.3) is 0 Å². The van der Waals surface area contributed by atoms with E-state index in [1.165, 1.54) is 43.8 Å². The van der Waals surface area contributed by atoms with E-state index in [0.29, 0.717) is 22.6 Å². The minimum absolute atomic E-state index is 0.122. The molecular formula is C20H20FNO4S. The smallest absolute Gasteiger partial charge is 0.338 e. The molecule has 0 fully saturated rings. The number of rotatable bonds is 7. The van der Waals surface area contributed by atoms with Gasteiger partial charge in [-0.25, -0.2) is 9.18 Å². The Hall–Kier alpha value is -2.67. The normalized spacial score (nSPS) is 11.6. The van der Waals surface area contributed by atoms with E-state index in [4.69, 9.17) is 4.74 Å². The highest BCUT2D eigenvalue weighted by atomic mass is 32.2. The summed E-state index contributed by atoms with van der Waals surface area (Å²) in [5, 5.41) is 2.60. The molecule has 2 rings (SSSR count). The minimum atomic E-state index is -1.06. The Kier molecular flexibility index (Phi) is 7.12. The Bertz CT molecular complexity index is 869. The quantitative estimate of drug-likeness (QED) is 0.571. The van der Waals surface area contributed by atoms with Crippen molar-refractivity contribution < 1.29 is 23.5 Å². The first kappa shape index (κ1) is 20.6. The van der Waals surface area contributed by atoms with Crippen molar-refractivity contribution in [2.45, 2.75) is 25.7 Å². The average Bonchev–Trinajstić information content (AvgIpc) is 2.63. The summed E-state index contributed by atoms with van der Waals surface area (Å²) in [6, 6.07) is 10.4. The van der Waals surface area contributed by atoms with Gasteiger partial charge in [-0.15, -0.1) is 0 Å². The van der Waals surface area contributed by atoms with E-state index >= 15 is 0 Å². The van der Waals surface area contributed by atoms with Crippen LogP contribution >= 0.6 is 11.8 Å². The number of nitrogens with one attached hydrogen (secondary N) is 1. The molecule has 0 bridgehead atoms. The number of esters is 1. The van der Waals surface area contributed by atoms with Crippen LogP contribution < -0.4 is 5.32 Å². The summed E-state index contributed by atoms with van der Waals surface area (Å²) in [6.07, 6.45) is 0.769. The summed E-state index contributed by atoms with van der Waals surface area (Å²) in [5.41, 5.74) is 1.47. The minimum Gasteiger partial charge on any atom is -0.449 e. The third-order valence-electron chi connectivity index (χ3n) is 3.77. The van der Waals surface area contributed by atoms with Crippen LogP contribution in [0.15, 0.2) is 42.5 Å². The Labute approximate surface area is 161 Å². The Balaban J connectivity index is 2.03. The molecule has 0 saturated carbocycles. The second-order valence-corrected chi connectivity index (χ2v) is 6.78. The summed E-state index contributed by atoms with van der Waals surface area (Å²) < 4.78 is 18.9. The Morgan fingerprint density at radius 1 is 1.15 bits per heavy atom. The van der Waals surface area contributed by atoms with Crippen molar-refractivity contribution in [2.75, 3.05) is 11.6 Å². The topological polar surface area (TPSA) is 72.5 Å². The molecule has 0 aliphatic carbocycles. The molecule has 142 valence electrons. The highest BCUT2D eigenvalue weighted by molar-refractivity contribution is 7.97. The van der Waals surface area contributed by atoms with Crippen LogP contribution in [-0.4, -0.2) is 30.0 Å². The predicted octanol–water partition coefficient (Wildman–Crippen LogP) is 4.08. The molecule has 1 amide bonds. The number of ether oxygens (including phenoxy) is 1. The van der Waals surface area contributed by atoms with Crippen LogP contribution in [0, 0.1) is 5.82 Å². The predicted molar refractivity (Wildman–Crippen MR) is 104 cm³/mol. The lowest BCUT2D eigenvalue weighted by Crippen LogP contribution is -2.30. The van der Waals surface area contributed by atoms with Gasteiger partial charge in [-0.05, 0) is 56.0 Å². The third kappa shape index (κ3) is 5.65. The number of benzene rings is 2. The van der Waals surface area contributed by atoms with Gasteiger partial charge in [0.15, 0.2) is 11.9 Å². The van der Waals surface area contributed by atoms with Crippen LogP contribution in [0.3, 0.4) is 0 Å². The van der Waals surface area contributed by atoms with Crippen molar-refractivity contribution in [1.82, 2.24) is 0 Å². The number of hydrogen-bond donors (Lipinski definition) is 1. The van der Waals surface area contributed by atoms with Gasteiger partial charge in [-0.1, -0.05) is 12.1 Å². The molecule has 2 aromatic carbocycles. The van der Waals surface area contributed by atoms with Gasteiger partial charge in [-0.3, -0.25) is 9.59 Å². The molecule has 0 aromatic heterocycles. The van der Waals surface area contributed by atoms with Crippen LogP contribution in [0.4, 0.5) is 10.1 Å². The molecule has 7 heteroatoms. The van der Waals surface area contributed by atoms with Crippen LogP contribution in [-0.2, 0) is 15.3 Å². The first-order valence-electron chi connectivity index (χ1n) is 8.22. The number of hydrogen-bond acceptors (Lipinski definition) is 5. The molecule has 27 heavy (non-hydrogen) atoms. The van der Waals surface area contributed by atoms with Gasteiger partial charge in [0.1, 0.15) is 5.82 Å². The van der Waals surface area contributed by atoms with E-state index in [1.807, 2.05) is 6.26 Å². The Morgan fingerprint density at radius 3 is 2.56 bits per heavy atom. The second-order valence-electron chi connectivity index (χ2n) is 5.91. The van der Waals surface area contributed by atoms with Crippen LogP contribution in [0.5, 0.6) is 0 Å². The lowest BCUT2D eigenvalue weighted by molar-refractivity contribution is -0.123. The fraction of sp³-hybridized carbons (Fsp3) is 0.250. The summed E-state index contributed by atoms with van der Waals surface area (Å²) in [7, 11) is 0. The van der Waals surface area contributed by atoms with E-state index in [9.17, 15) is 18.8 Å². The molecule has 1 N–H and O–H groups in total. The fourth-order valence-electron chi connectivity index (χ4n) is 2.31. The zero-order valence-electron chi connectivity index (χ0n) is 15.2. The van der Waals surface area contributed by atoms with E-state index in [-0.39, 0.29) is 11.3 Å². The first-order valence-corrected chi connectivity index (χ1v) is 9.61. The molecule has 0 spiro atoms. The van der Waals surface area contributed by atoms with Crippen molar-refractivity contribution >= 4 is 35.1 Å². The molecule has 0 aliphatic heterocycles. The number of halogens is 1. The van der Waals surface area contributed by atoms with Crippen LogP contribution in [0.2, 0.25) is 0 Å². The summed E-state index contributed by atoms with van der Waals surface area (Å²) in [5.74, 6) is -1.33. The monoisotopic (exact) mass is 389 g/mol. The summed E-state index contributed by atoms with van der Waals surface area (Å²) in [6.45, 7) is 2.87. The van der Waals surface area contributed by atoms with Crippen molar-refractivity contribution in [3.8, 4) is 0 Å². The number of amides is 1. The van der Waals surface area contributed by atoms with Crippen molar-refractivity contribution in [3.63, 3.8) is 0 Å². The molecule has 2 aromatic rings. The van der Waals surface area contributed by atoms with Crippen molar-refractivity contribution in [1.29, 1.82) is 0 Å². The van der Waals surface area contributed by atoms with E-state index < -0.39 is 23.8 Å². The number of thioether (sulfide) groups is 1. The van der Waals surface area contributed by atoms with Gasteiger partial charge < -0.3 is 10.1 Å². The maximum absolute atomic E-state index is 13.7. The van der Waals surface area contributed by atoms with Crippen LogP contribution in [0.1, 0.15) is 40.1 Å². The largest absolute Gasteiger partial charge is 0.449 e. The summed E-state index contributed by atoms with van der Waals surface area (Å²) in [4.78, 5) is 35.9. The van der Waals surface area contributed by atoms with Gasteiger partial charge in [-0.2, -0.15) is 11.8 Å². The Morgan fingerprint density at radius 2 is 1.89 bits per heavy atom. The van der Waals surface area contributed by atoms with Gasteiger partial charge in [0.25, 0.3) is 5.91 Å². The molecule has 0 radical (unpaired) electrons. The number of ketones is 1. The molecule has 0 saturated heterocycles. The highest BCUT2D eigenvalue weighted by Gasteiger charge is 2.20. The fourth-order valence-corrected chi connectivity index (χ4v) is 2.84. The van der Waals surface area contributed by atoms with Gasteiger partial charge in [0, 0.05) is 17.0 Å². The number of carbonyl (C=O) groups is 3. The molecule has 0 aliphatic rings. The molecular weight excluding hydrogens is 369 g/mol. The van der Waals surface area contributed by atoms with E-state index in [0.717, 1.165) is 0 Å². The second kappa shape index (κ2) is 9.32. The van der Waals surface area contributed by atoms with Gasteiger partial charge in [0.2, 0.25) is 0 Å². The number of carbonyl (C=O) groups excluding carboxylic acids is 3. The van der Waals surface area contributed by atoms with Crippen molar-refractivity contribution in [2.24, 2.45) is 0 Å². The van der Waals surface area contributed by atoms with E-state index in [2.05, 4.69) is 5.32 Å². The zero-order chi connectivity index (χ0) is 20.0. The average molecular weight is 389 g/mol. The number of Topliss-reactive ketones (excluding diaryl/α,β-unsaturated/α-hetero) is 1. The van der Waals surface area contributed by atoms with Crippen molar-refractivity contribution in [3.05, 3.63) is 65.0 Å². The zero-order valence-corrected chi connectivity index (χ0v) is 16.1. The number of anilines is 1. The van der Waals surface area contributed by atoms with Gasteiger partial charge in [0.05, 0.1) is 5.56 Å². The lowest BCUT2D eigenvalue weighted by atomic mass is 10.1.